The summed E-state index contributed by atoms with van der Waals surface area (Å²) in [6.45, 7) is 15.6. The molecule has 0 radical (unpaired) electrons. The van der Waals surface area contributed by atoms with Gasteiger partial charge in [-0.15, -0.1) is 0 Å². The van der Waals surface area contributed by atoms with Gasteiger partial charge in [-0.3, -0.25) is 4.79 Å². The Morgan fingerprint density at radius 2 is 1.60 bits per heavy atom. The van der Waals surface area contributed by atoms with Gasteiger partial charge in [0.2, 0.25) is 0 Å². The number of allylic oxidation sites excluding steroid dienone is 4. The number of fused-ring (bicyclic) bond motifs is 1. The van der Waals surface area contributed by atoms with Crippen LogP contribution in [0.1, 0.15) is 93.4 Å². The minimum Gasteiger partial charge on any atom is -0.462 e. The lowest BCUT2D eigenvalue weighted by Crippen LogP contribution is -2.76. The van der Waals surface area contributed by atoms with E-state index < -0.39 is 11.1 Å². The molecule has 7 heteroatoms. The molecule has 0 amide bonds. The molecule has 0 saturated heterocycles. The first kappa shape index (κ1) is 30.6. The predicted molar refractivity (Wildman–Crippen MR) is 176 cm³/mol. The van der Waals surface area contributed by atoms with Gasteiger partial charge in [0.15, 0.2) is 0 Å². The summed E-state index contributed by atoms with van der Waals surface area (Å²) >= 11 is 0. The molecule has 10 atom stereocenters. The molecule has 10 unspecified atom stereocenters. The fraction of sp³-hybridized carbons (Fsp3) is 0.658. The normalized spacial score (nSPS) is 39.3. The highest BCUT2D eigenvalue weighted by molar-refractivity contribution is 5.66. The van der Waals surface area contributed by atoms with Crippen LogP contribution >= 0.6 is 0 Å². The Labute approximate surface area is 267 Å². The lowest BCUT2D eigenvalue weighted by Gasteiger charge is -2.71. The van der Waals surface area contributed by atoms with Crippen LogP contribution in [0, 0.1) is 46.3 Å². The summed E-state index contributed by atoms with van der Waals surface area (Å²) in [5, 5.41) is 0. The van der Waals surface area contributed by atoms with Gasteiger partial charge in [0.25, 0.3) is 0 Å². The van der Waals surface area contributed by atoms with Crippen LogP contribution in [0.4, 0.5) is 0 Å². The molecule has 2 aromatic rings. The van der Waals surface area contributed by atoms with E-state index in [9.17, 15) is 14.4 Å². The third kappa shape index (κ3) is 3.91. The van der Waals surface area contributed by atoms with E-state index in [1.165, 1.54) is 11.5 Å². The first-order chi connectivity index (χ1) is 21.3. The predicted octanol–water partition coefficient (Wildman–Crippen LogP) is 6.82. The zero-order valence-electron chi connectivity index (χ0n) is 28.2. The molecule has 0 N–H and O–H groups in total. The van der Waals surface area contributed by atoms with E-state index in [4.69, 9.17) is 4.74 Å². The molecule has 2 spiro atoms. The van der Waals surface area contributed by atoms with Crippen LogP contribution in [0.2, 0.25) is 0 Å². The molecule has 1 aromatic carbocycles. The number of hydrogen-bond acceptors (Lipinski definition) is 4. The maximum absolute atomic E-state index is 14.8. The number of carbonyl (C=O) groups excluding carboxylic acids is 1. The fourth-order valence-electron chi connectivity index (χ4n) is 11.3. The molecular weight excluding hydrogens is 562 g/mol. The lowest BCUT2D eigenvalue weighted by atomic mass is 9.40. The Morgan fingerprint density at radius 3 is 2.29 bits per heavy atom. The quantitative estimate of drug-likeness (QED) is 0.265. The van der Waals surface area contributed by atoms with Gasteiger partial charge in [-0.25, -0.2) is 23.5 Å². The van der Waals surface area contributed by atoms with E-state index in [2.05, 4.69) is 65.8 Å². The van der Waals surface area contributed by atoms with Crippen LogP contribution < -0.4 is 11.4 Å². The number of aromatic nitrogens is 3. The second-order valence-corrected chi connectivity index (χ2v) is 16.1. The summed E-state index contributed by atoms with van der Waals surface area (Å²) in [6, 6.07) is 9.37. The van der Waals surface area contributed by atoms with Crippen LogP contribution in [-0.4, -0.2) is 26.0 Å². The first-order valence-electron chi connectivity index (χ1n) is 17.4. The van der Waals surface area contributed by atoms with Crippen molar-refractivity contribution in [2.24, 2.45) is 46.3 Å². The smallest absolute Gasteiger partial charge is 0.352 e. The van der Waals surface area contributed by atoms with Crippen LogP contribution in [0.3, 0.4) is 0 Å². The van der Waals surface area contributed by atoms with Crippen molar-refractivity contribution >= 4 is 5.97 Å². The number of benzene rings is 1. The van der Waals surface area contributed by atoms with E-state index in [1.807, 2.05) is 39.7 Å². The number of carbonyl (C=O) groups is 1. The summed E-state index contributed by atoms with van der Waals surface area (Å²) < 4.78 is 11.0. The highest BCUT2D eigenvalue weighted by Gasteiger charge is 2.75. The number of hydrogen-bond donors (Lipinski definition) is 0. The van der Waals surface area contributed by atoms with Crippen molar-refractivity contribution in [1.29, 1.82) is 0 Å². The average Bonchev–Trinajstić information content (AvgIpc) is 3.50. The van der Waals surface area contributed by atoms with E-state index in [0.717, 1.165) is 38.5 Å². The molecule has 8 rings (SSSR count). The van der Waals surface area contributed by atoms with Crippen molar-refractivity contribution in [1.82, 2.24) is 13.9 Å². The summed E-state index contributed by atoms with van der Waals surface area (Å²) in [5.74, 6) is 2.24. The van der Waals surface area contributed by atoms with Crippen molar-refractivity contribution in [2.75, 3.05) is 0 Å². The fourth-order valence-corrected chi connectivity index (χ4v) is 11.3. The minimum absolute atomic E-state index is 0.0312. The number of nitrogens with zero attached hydrogens (tertiary/aromatic N) is 3. The van der Waals surface area contributed by atoms with Crippen LogP contribution in [0.5, 0.6) is 0 Å². The van der Waals surface area contributed by atoms with Crippen LogP contribution in [-0.2, 0) is 20.6 Å². The van der Waals surface area contributed by atoms with Crippen LogP contribution in [0.25, 0.3) is 5.69 Å². The summed E-state index contributed by atoms with van der Waals surface area (Å²) in [7, 11) is 0. The van der Waals surface area contributed by atoms with Gasteiger partial charge in [-0.2, -0.15) is 0 Å². The lowest BCUT2D eigenvalue weighted by molar-refractivity contribution is -0.204. The van der Waals surface area contributed by atoms with Crippen molar-refractivity contribution in [3.63, 3.8) is 0 Å². The molecule has 7 nitrogen and oxygen atoms in total. The molecule has 3 fully saturated rings. The topological polar surface area (TPSA) is 75.2 Å². The van der Waals surface area contributed by atoms with E-state index in [1.54, 1.807) is 0 Å². The Balaban J connectivity index is 1.42. The Kier molecular flexibility index (Phi) is 6.93. The number of ether oxygens (including phenoxy) is 1. The molecule has 2 bridgehead atoms. The second kappa shape index (κ2) is 10.2. The summed E-state index contributed by atoms with van der Waals surface area (Å²) in [5.41, 5.74) is -1.49. The molecule has 3 saturated carbocycles. The zero-order chi connectivity index (χ0) is 32.1. The van der Waals surface area contributed by atoms with E-state index >= 15 is 0 Å². The molecular formula is C38H51N3O4. The summed E-state index contributed by atoms with van der Waals surface area (Å²) in [6.07, 6.45) is 15.6. The average molecular weight is 614 g/mol. The van der Waals surface area contributed by atoms with E-state index in [0.29, 0.717) is 35.8 Å². The SMILES string of the molecule is CC(=O)OC1CCC2(C)C3CCC4(C)C(C(C)C=CC(C)C(C)C)CCC4C34C=CC2(C1)n1c(=O)n(-c2ccccc2)c(=O)n14. The number of esters is 1. The molecule has 2 aliphatic heterocycles. The zero-order valence-corrected chi connectivity index (χ0v) is 28.2. The van der Waals surface area contributed by atoms with Crippen molar-refractivity contribution < 1.29 is 9.53 Å². The molecule has 4 aliphatic carbocycles. The molecule has 1 aromatic heterocycles. The molecule has 6 aliphatic rings. The van der Waals surface area contributed by atoms with Gasteiger partial charge < -0.3 is 4.74 Å². The highest BCUT2D eigenvalue weighted by Crippen LogP contribution is 2.74. The van der Waals surface area contributed by atoms with Crippen molar-refractivity contribution in [2.45, 2.75) is 111 Å². The molecule has 242 valence electrons. The van der Waals surface area contributed by atoms with Gasteiger partial charge in [0.1, 0.15) is 6.10 Å². The van der Waals surface area contributed by atoms with Crippen molar-refractivity contribution in [3.05, 3.63) is 75.6 Å². The van der Waals surface area contributed by atoms with Gasteiger partial charge >= 0.3 is 17.3 Å². The third-order valence-electron chi connectivity index (χ3n) is 13.8. The highest BCUT2D eigenvalue weighted by atomic mass is 16.5. The second-order valence-electron chi connectivity index (χ2n) is 16.1. The van der Waals surface area contributed by atoms with E-state index in [-0.39, 0.29) is 46.1 Å². The Morgan fingerprint density at radius 1 is 0.889 bits per heavy atom. The maximum atomic E-state index is 14.8. The van der Waals surface area contributed by atoms with Gasteiger partial charge in [-0.05, 0) is 91.6 Å². The number of rotatable bonds is 6. The van der Waals surface area contributed by atoms with Gasteiger partial charge in [0, 0.05) is 18.8 Å². The molecule has 3 heterocycles. The van der Waals surface area contributed by atoms with Gasteiger partial charge in [-0.1, -0.05) is 84.0 Å². The molecule has 45 heavy (non-hydrogen) atoms. The third-order valence-corrected chi connectivity index (χ3v) is 13.8. The van der Waals surface area contributed by atoms with Gasteiger partial charge in [0.05, 0.1) is 16.8 Å². The summed E-state index contributed by atoms with van der Waals surface area (Å²) in [4.78, 5) is 41.7. The minimum atomic E-state index is -0.747. The van der Waals surface area contributed by atoms with Crippen molar-refractivity contribution in [3.8, 4) is 5.69 Å². The Hall–Kier alpha value is -3.09. The maximum Gasteiger partial charge on any atom is 0.352 e. The first-order valence-corrected chi connectivity index (χ1v) is 17.4. The Bertz CT molecular complexity index is 1680. The van der Waals surface area contributed by atoms with Crippen LogP contribution in [0.15, 0.2) is 64.2 Å². The standard InChI is InChI=1S/C38H51N3O4/c1-24(2)25(3)13-14-26(4)30-15-16-31-35(30,6)19-18-32-36(7)20-17-29(45-27(5)42)23-37(36)21-22-38(31,32)41-34(44)39(33(43)40(37)41)28-11-9-8-10-12-28/h8-14,21-22,24-26,29-32H,15-20,23H2,1-7H3. The monoisotopic (exact) mass is 613 g/mol. The number of para-hydroxylation sites is 1. The largest absolute Gasteiger partial charge is 0.462 e.